The summed E-state index contributed by atoms with van der Waals surface area (Å²) >= 11 is 1.75. The molecule has 2 aliphatic rings. The monoisotopic (exact) mass is 810 g/mol. The Labute approximate surface area is 367 Å². The van der Waals surface area contributed by atoms with Crippen LogP contribution in [-0.2, 0) is 10.8 Å². The van der Waals surface area contributed by atoms with Crippen molar-refractivity contribution >= 4 is 38.6 Å². The Hall–Kier alpha value is -7.33. The highest BCUT2D eigenvalue weighted by Crippen LogP contribution is 2.58. The van der Waals surface area contributed by atoms with E-state index < -0.39 is 5.41 Å². The predicted molar refractivity (Wildman–Crippen MR) is 260 cm³/mol. The molecule has 294 valence electrons. The molecule has 2 aliphatic carbocycles. The van der Waals surface area contributed by atoms with Gasteiger partial charge < -0.3 is 4.90 Å². The Kier molecular flexibility index (Phi) is 8.32. The van der Waals surface area contributed by atoms with Crippen molar-refractivity contribution in [2.75, 3.05) is 4.90 Å². The average molecular weight is 811 g/mol. The second-order valence-electron chi connectivity index (χ2n) is 17.1. The van der Waals surface area contributed by atoms with Crippen molar-refractivity contribution in [1.82, 2.24) is 4.98 Å². The van der Waals surface area contributed by atoms with Crippen molar-refractivity contribution in [1.29, 1.82) is 0 Å². The zero-order valence-electron chi connectivity index (χ0n) is 34.6. The second kappa shape index (κ2) is 14.1. The third-order valence-corrected chi connectivity index (χ3v) is 14.5. The summed E-state index contributed by atoms with van der Waals surface area (Å²) in [6, 6.07) is 80.4. The van der Waals surface area contributed by atoms with Crippen LogP contribution in [0.3, 0.4) is 0 Å². The Balaban J connectivity index is 1.05. The number of benzene rings is 9. The summed E-state index contributed by atoms with van der Waals surface area (Å²) in [5, 5.41) is 1.02. The van der Waals surface area contributed by atoms with E-state index in [1.54, 1.807) is 11.3 Å². The van der Waals surface area contributed by atoms with E-state index in [2.05, 4.69) is 237 Å². The first-order valence-electron chi connectivity index (χ1n) is 21.4. The van der Waals surface area contributed by atoms with E-state index in [1.807, 2.05) is 0 Å². The predicted octanol–water partition coefficient (Wildman–Crippen LogP) is 15.8. The van der Waals surface area contributed by atoms with Crippen LogP contribution in [0.15, 0.2) is 218 Å². The third-order valence-electron chi connectivity index (χ3n) is 13.4. The molecule has 0 saturated carbocycles. The van der Waals surface area contributed by atoms with Crippen molar-refractivity contribution in [3.8, 4) is 44.0 Å². The van der Waals surface area contributed by atoms with Gasteiger partial charge in [-0.05, 0) is 109 Å². The van der Waals surface area contributed by atoms with E-state index in [-0.39, 0.29) is 5.41 Å². The first-order chi connectivity index (χ1) is 30.5. The Morgan fingerprint density at radius 1 is 0.387 bits per heavy atom. The van der Waals surface area contributed by atoms with Crippen molar-refractivity contribution in [3.05, 3.63) is 252 Å². The molecule has 0 N–H and O–H groups in total. The van der Waals surface area contributed by atoms with Crippen molar-refractivity contribution in [2.45, 2.75) is 24.7 Å². The summed E-state index contributed by atoms with van der Waals surface area (Å²) in [4.78, 5) is 7.76. The van der Waals surface area contributed by atoms with Crippen LogP contribution in [0, 0.1) is 0 Å². The molecule has 0 atom stereocenters. The minimum atomic E-state index is -0.512. The van der Waals surface area contributed by atoms with Crippen LogP contribution in [0.5, 0.6) is 0 Å². The summed E-state index contributed by atoms with van der Waals surface area (Å²) in [6.07, 6.45) is 0. The number of nitrogens with zero attached hydrogens (tertiary/aromatic N) is 2. The standard InChI is InChI=1S/C59H42N2S/c1-58(2)51-24-14-12-22-47(51)49-33-30-44(36-53(49)58)61(46-32-35-56-55(38-46)60-57(62-56)41-28-26-40(27-29-41)39-16-6-3-7-17-39)45-31-34-50-48-23-13-15-25-52(48)59(54(50)37-45,42-18-8-4-9-19-42)43-20-10-5-11-21-43/h3-38H,1-2H3. The number of aromatic nitrogens is 1. The zero-order valence-corrected chi connectivity index (χ0v) is 35.4. The molecular weight excluding hydrogens is 769 g/mol. The molecule has 0 spiro atoms. The van der Waals surface area contributed by atoms with Gasteiger partial charge in [0.05, 0.1) is 15.6 Å². The maximum absolute atomic E-state index is 5.30. The lowest BCUT2D eigenvalue weighted by molar-refractivity contribution is 0.660. The topological polar surface area (TPSA) is 16.1 Å². The van der Waals surface area contributed by atoms with E-state index in [1.165, 1.54) is 66.8 Å². The molecule has 0 bridgehead atoms. The second-order valence-corrected chi connectivity index (χ2v) is 18.1. The number of rotatable bonds is 7. The molecule has 0 unspecified atom stereocenters. The van der Waals surface area contributed by atoms with Crippen molar-refractivity contribution < 1.29 is 0 Å². The Bertz CT molecular complexity index is 3270. The van der Waals surface area contributed by atoms with Crippen LogP contribution in [0.1, 0.15) is 47.2 Å². The summed E-state index contributed by atoms with van der Waals surface area (Å²) in [7, 11) is 0. The normalized spacial score (nSPS) is 13.9. The molecule has 0 saturated heterocycles. The first-order valence-corrected chi connectivity index (χ1v) is 22.3. The number of thiazole rings is 1. The third kappa shape index (κ3) is 5.52. The fraction of sp³-hybridized carbons (Fsp3) is 0.0678. The van der Waals surface area contributed by atoms with E-state index in [0.29, 0.717) is 0 Å². The smallest absolute Gasteiger partial charge is 0.124 e. The van der Waals surface area contributed by atoms with Crippen LogP contribution >= 0.6 is 11.3 Å². The SMILES string of the molecule is CC1(C)c2ccccc2-c2ccc(N(c3ccc4c(c3)C(c3ccccc3)(c3ccccc3)c3ccccc3-4)c3ccc4sc(-c5ccc(-c6ccccc6)cc5)nc4c3)cc21. The number of hydrogen-bond acceptors (Lipinski definition) is 3. The minimum Gasteiger partial charge on any atom is -0.310 e. The van der Waals surface area contributed by atoms with Crippen LogP contribution in [0.4, 0.5) is 17.1 Å². The highest BCUT2D eigenvalue weighted by molar-refractivity contribution is 7.21. The van der Waals surface area contributed by atoms with E-state index in [0.717, 1.165) is 37.8 Å². The average Bonchev–Trinajstić information content (AvgIpc) is 3.97. The lowest BCUT2D eigenvalue weighted by atomic mass is 9.67. The van der Waals surface area contributed by atoms with Crippen LogP contribution < -0.4 is 4.90 Å². The molecule has 9 aromatic carbocycles. The van der Waals surface area contributed by atoms with Gasteiger partial charge in [0.2, 0.25) is 0 Å². The van der Waals surface area contributed by atoms with Crippen LogP contribution in [0.2, 0.25) is 0 Å². The van der Waals surface area contributed by atoms with Gasteiger partial charge in [-0.1, -0.05) is 190 Å². The van der Waals surface area contributed by atoms with Gasteiger partial charge in [-0.15, -0.1) is 11.3 Å². The molecule has 2 nitrogen and oxygen atoms in total. The van der Waals surface area contributed by atoms with Gasteiger partial charge in [-0.2, -0.15) is 0 Å². The van der Waals surface area contributed by atoms with Gasteiger partial charge in [-0.3, -0.25) is 0 Å². The lowest BCUT2D eigenvalue weighted by Gasteiger charge is -2.35. The van der Waals surface area contributed by atoms with E-state index in [4.69, 9.17) is 4.98 Å². The van der Waals surface area contributed by atoms with Gasteiger partial charge in [0.1, 0.15) is 5.01 Å². The highest BCUT2D eigenvalue weighted by Gasteiger charge is 2.46. The van der Waals surface area contributed by atoms with Gasteiger partial charge >= 0.3 is 0 Å². The van der Waals surface area contributed by atoms with Crippen LogP contribution in [-0.4, -0.2) is 4.98 Å². The molecule has 1 heterocycles. The molecule has 0 aliphatic heterocycles. The number of fused-ring (bicyclic) bond motifs is 7. The van der Waals surface area contributed by atoms with Crippen LogP contribution in [0.25, 0.3) is 54.2 Å². The lowest BCUT2D eigenvalue weighted by Crippen LogP contribution is -2.28. The highest BCUT2D eigenvalue weighted by atomic mass is 32.1. The minimum absolute atomic E-state index is 0.146. The number of hydrogen-bond donors (Lipinski definition) is 0. The molecule has 0 amide bonds. The molecule has 1 aromatic heterocycles. The van der Waals surface area contributed by atoms with E-state index in [9.17, 15) is 0 Å². The summed E-state index contributed by atoms with van der Waals surface area (Å²) in [5.41, 5.74) is 20.2. The van der Waals surface area contributed by atoms with Gasteiger partial charge in [-0.25, -0.2) is 4.98 Å². The molecular formula is C59H42N2S. The number of anilines is 3. The van der Waals surface area contributed by atoms with Gasteiger partial charge in [0.25, 0.3) is 0 Å². The zero-order chi connectivity index (χ0) is 41.4. The molecule has 12 rings (SSSR count). The van der Waals surface area contributed by atoms with Crippen molar-refractivity contribution in [2.24, 2.45) is 0 Å². The molecule has 0 radical (unpaired) electrons. The van der Waals surface area contributed by atoms with E-state index >= 15 is 0 Å². The summed E-state index contributed by atoms with van der Waals surface area (Å²) in [5.74, 6) is 0. The summed E-state index contributed by atoms with van der Waals surface area (Å²) in [6.45, 7) is 4.73. The van der Waals surface area contributed by atoms with Gasteiger partial charge in [0, 0.05) is 28.0 Å². The molecule has 0 fully saturated rings. The molecule has 62 heavy (non-hydrogen) atoms. The largest absolute Gasteiger partial charge is 0.310 e. The molecule has 3 heteroatoms. The quantitative estimate of drug-likeness (QED) is 0.159. The first kappa shape index (κ1) is 36.5. The Morgan fingerprint density at radius 2 is 0.855 bits per heavy atom. The van der Waals surface area contributed by atoms with Crippen molar-refractivity contribution in [3.63, 3.8) is 0 Å². The molecule has 10 aromatic rings. The maximum atomic E-state index is 5.30. The van der Waals surface area contributed by atoms with Gasteiger partial charge in [0.15, 0.2) is 0 Å². The summed E-state index contributed by atoms with van der Waals surface area (Å²) < 4.78 is 1.16. The fourth-order valence-corrected chi connectivity index (χ4v) is 11.4. The Morgan fingerprint density at radius 3 is 1.52 bits per heavy atom. The fourth-order valence-electron chi connectivity index (χ4n) is 10.5. The maximum Gasteiger partial charge on any atom is 0.124 e.